The number of rotatable bonds is 8. The first kappa shape index (κ1) is 18.3. The Morgan fingerprint density at radius 2 is 1.92 bits per heavy atom. The molecule has 9 nitrogen and oxygen atoms in total. The number of nitrogens with two attached hydrogens (primary N) is 2. The van der Waals surface area contributed by atoms with E-state index in [4.69, 9.17) is 21.6 Å². The number of Topliss-reactive ketones (excluding diaryl/α,β-unsaturated/α-hetero) is 2. The van der Waals surface area contributed by atoms with Gasteiger partial charge < -0.3 is 26.8 Å². The zero-order valence-corrected chi connectivity index (χ0v) is 13.9. The zero-order valence-electron chi connectivity index (χ0n) is 13.9. The van der Waals surface area contributed by atoms with Crippen molar-refractivity contribution in [1.82, 2.24) is 10.6 Å². The molecule has 0 aromatic heterocycles. The summed E-state index contributed by atoms with van der Waals surface area (Å²) in [6, 6.07) is -0.782. The molecule has 24 heavy (non-hydrogen) atoms. The summed E-state index contributed by atoms with van der Waals surface area (Å²) in [5.41, 5.74) is 9.49. The lowest BCUT2D eigenvalue weighted by Gasteiger charge is -2.30. The molecule has 134 valence electrons. The van der Waals surface area contributed by atoms with Gasteiger partial charge in [-0.25, -0.2) is 0 Å². The number of amides is 1. The quantitative estimate of drug-likeness (QED) is 0.117. The van der Waals surface area contributed by atoms with Gasteiger partial charge in [-0.1, -0.05) is 13.8 Å². The highest BCUT2D eigenvalue weighted by atomic mass is 16.6. The van der Waals surface area contributed by atoms with Gasteiger partial charge in [-0.2, -0.15) is 0 Å². The van der Waals surface area contributed by atoms with Crippen LogP contribution < -0.4 is 22.1 Å². The lowest BCUT2D eigenvalue weighted by atomic mass is 9.87. The Labute approximate surface area is 140 Å². The van der Waals surface area contributed by atoms with Gasteiger partial charge >= 0.3 is 0 Å². The highest BCUT2D eigenvalue weighted by molar-refractivity contribution is 6.26. The average molecular weight is 339 g/mol. The standard InChI is InChI=1S/C15H25N5O4/c1-7(2)6-8(16)13(23)20-15(4-3-5-19-14(17)18)11(21)9-10(24-9)12(15)22/h7-10H,3-6,16H2,1-2H3,(H,20,23)(H4,17,18,19)/t8-,9-,10-/m0/s1. The van der Waals surface area contributed by atoms with Gasteiger partial charge in [0.25, 0.3) is 0 Å². The van der Waals surface area contributed by atoms with E-state index in [2.05, 4.69) is 10.6 Å². The second-order valence-electron chi connectivity index (χ2n) is 6.78. The van der Waals surface area contributed by atoms with E-state index >= 15 is 0 Å². The lowest BCUT2D eigenvalue weighted by Crippen LogP contribution is -2.62. The molecular weight excluding hydrogens is 314 g/mol. The maximum atomic E-state index is 12.5. The first-order valence-electron chi connectivity index (χ1n) is 8.08. The van der Waals surface area contributed by atoms with Crippen molar-refractivity contribution in [1.29, 1.82) is 5.41 Å². The Kier molecular flexibility index (Phi) is 5.24. The third-order valence-electron chi connectivity index (χ3n) is 4.29. The summed E-state index contributed by atoms with van der Waals surface area (Å²) in [7, 11) is 0. The highest BCUT2D eigenvalue weighted by Crippen LogP contribution is 2.41. The van der Waals surface area contributed by atoms with Gasteiger partial charge in [0.15, 0.2) is 35.3 Å². The van der Waals surface area contributed by atoms with Crippen LogP contribution in [0.25, 0.3) is 0 Å². The summed E-state index contributed by atoms with van der Waals surface area (Å²) in [6.45, 7) is 4.19. The SMILES string of the molecule is CC(C)C[C@H](N)C(=O)NC1(CCCNC(=N)N)C(=O)[C@H]2O[C@@H]2C1=O. The van der Waals surface area contributed by atoms with Gasteiger partial charge in [-0.3, -0.25) is 19.8 Å². The van der Waals surface area contributed by atoms with Gasteiger partial charge in [0.1, 0.15) is 0 Å². The first-order chi connectivity index (χ1) is 11.2. The van der Waals surface area contributed by atoms with Crippen LogP contribution >= 0.6 is 0 Å². The molecular formula is C15H25N5O4. The minimum Gasteiger partial charge on any atom is -0.370 e. The number of hydrogen-bond acceptors (Lipinski definition) is 6. The molecule has 2 fully saturated rings. The Hall–Kier alpha value is -2.00. The number of guanidine groups is 1. The Morgan fingerprint density at radius 1 is 1.33 bits per heavy atom. The van der Waals surface area contributed by atoms with Crippen molar-refractivity contribution >= 4 is 23.4 Å². The van der Waals surface area contributed by atoms with Gasteiger partial charge in [0, 0.05) is 6.54 Å². The summed E-state index contributed by atoms with van der Waals surface area (Å²) in [5, 5.41) is 12.3. The number of hydrogen-bond donors (Lipinski definition) is 5. The summed E-state index contributed by atoms with van der Waals surface area (Å²) in [6.07, 6.45) is -0.531. The van der Waals surface area contributed by atoms with E-state index in [9.17, 15) is 14.4 Å². The molecule has 1 saturated carbocycles. The van der Waals surface area contributed by atoms with Crippen LogP contribution in [0.15, 0.2) is 0 Å². The molecule has 9 heteroatoms. The van der Waals surface area contributed by atoms with Crippen LogP contribution in [0.4, 0.5) is 0 Å². The van der Waals surface area contributed by atoms with Crippen LogP contribution in [0.2, 0.25) is 0 Å². The van der Waals surface area contributed by atoms with E-state index in [0.717, 1.165) is 0 Å². The van der Waals surface area contributed by atoms with Gasteiger partial charge in [-0.15, -0.1) is 0 Å². The maximum absolute atomic E-state index is 12.5. The fraction of sp³-hybridized carbons (Fsp3) is 0.733. The third-order valence-corrected chi connectivity index (χ3v) is 4.29. The molecule has 2 aliphatic rings. The Morgan fingerprint density at radius 3 is 2.42 bits per heavy atom. The van der Waals surface area contributed by atoms with E-state index in [0.29, 0.717) is 19.4 Å². The van der Waals surface area contributed by atoms with Crippen LogP contribution in [0.5, 0.6) is 0 Å². The molecule has 0 aromatic rings. The van der Waals surface area contributed by atoms with E-state index < -0.39 is 41.3 Å². The topological polar surface area (TPSA) is 164 Å². The average Bonchev–Trinajstić information content (AvgIpc) is 3.24. The number of ether oxygens (including phenoxy) is 1. The van der Waals surface area contributed by atoms with Gasteiger partial charge in [0.2, 0.25) is 5.91 Å². The number of fused-ring (bicyclic) bond motifs is 1. The zero-order chi connectivity index (χ0) is 18.1. The minimum atomic E-state index is -1.57. The van der Waals surface area contributed by atoms with Crippen molar-refractivity contribution in [3.8, 4) is 0 Å². The second-order valence-corrected chi connectivity index (χ2v) is 6.78. The largest absolute Gasteiger partial charge is 0.370 e. The molecule has 0 bridgehead atoms. The minimum absolute atomic E-state index is 0.126. The number of carbonyl (C=O) groups excluding carboxylic acids is 3. The number of ketones is 2. The van der Waals surface area contributed by atoms with Gasteiger partial charge in [-0.05, 0) is 25.2 Å². The summed E-state index contributed by atoms with van der Waals surface area (Å²) < 4.78 is 5.03. The van der Waals surface area contributed by atoms with E-state index in [-0.39, 0.29) is 18.3 Å². The van der Waals surface area contributed by atoms with E-state index in [1.165, 1.54) is 0 Å². The van der Waals surface area contributed by atoms with Crippen LogP contribution in [0, 0.1) is 11.3 Å². The first-order valence-corrected chi connectivity index (χ1v) is 8.08. The molecule has 3 atom stereocenters. The highest BCUT2D eigenvalue weighted by Gasteiger charge is 2.70. The number of carbonyl (C=O) groups is 3. The van der Waals surface area contributed by atoms with Crippen LogP contribution in [-0.4, -0.2) is 53.8 Å². The smallest absolute Gasteiger partial charge is 0.238 e. The molecule has 0 radical (unpaired) electrons. The Bertz CT molecular complexity index is 542. The van der Waals surface area contributed by atoms with Crippen molar-refractivity contribution < 1.29 is 19.1 Å². The summed E-state index contributed by atoms with van der Waals surface area (Å²) in [4.78, 5) is 37.3. The maximum Gasteiger partial charge on any atom is 0.238 e. The van der Waals surface area contributed by atoms with Crippen molar-refractivity contribution in [3.63, 3.8) is 0 Å². The predicted octanol–water partition coefficient (Wildman–Crippen LogP) is -1.60. The monoisotopic (exact) mass is 339 g/mol. The fourth-order valence-corrected chi connectivity index (χ4v) is 3.04. The predicted molar refractivity (Wildman–Crippen MR) is 86.1 cm³/mol. The van der Waals surface area contributed by atoms with Gasteiger partial charge in [0.05, 0.1) is 6.04 Å². The molecule has 0 unspecified atom stereocenters. The summed E-state index contributed by atoms with van der Waals surface area (Å²) in [5.74, 6) is -1.31. The molecule has 1 saturated heterocycles. The third kappa shape index (κ3) is 3.57. The van der Waals surface area contributed by atoms with Crippen LogP contribution in [0.1, 0.15) is 33.1 Å². The Balaban J connectivity index is 2.06. The van der Waals surface area contributed by atoms with Crippen LogP contribution in [-0.2, 0) is 19.1 Å². The number of epoxide rings is 1. The molecule has 2 rings (SSSR count). The lowest BCUT2D eigenvalue weighted by molar-refractivity contribution is -0.142. The van der Waals surface area contributed by atoms with E-state index in [1.807, 2.05) is 13.8 Å². The number of nitrogens with one attached hydrogen (secondary N) is 3. The second kappa shape index (κ2) is 6.86. The normalized spacial score (nSPS) is 25.3. The fourth-order valence-electron chi connectivity index (χ4n) is 3.04. The summed E-state index contributed by atoms with van der Waals surface area (Å²) >= 11 is 0. The van der Waals surface area contributed by atoms with Crippen molar-refractivity contribution in [2.75, 3.05) is 6.54 Å². The molecule has 1 heterocycles. The van der Waals surface area contributed by atoms with Crippen molar-refractivity contribution in [3.05, 3.63) is 0 Å². The molecule has 1 aliphatic carbocycles. The van der Waals surface area contributed by atoms with Crippen molar-refractivity contribution in [2.24, 2.45) is 17.4 Å². The van der Waals surface area contributed by atoms with Crippen molar-refractivity contribution in [2.45, 2.75) is 56.9 Å². The molecule has 1 amide bonds. The molecule has 0 aromatic carbocycles. The van der Waals surface area contributed by atoms with E-state index in [1.54, 1.807) is 0 Å². The van der Waals surface area contributed by atoms with Crippen LogP contribution in [0.3, 0.4) is 0 Å². The molecule has 1 aliphatic heterocycles. The molecule has 7 N–H and O–H groups in total. The molecule has 0 spiro atoms.